The van der Waals surface area contributed by atoms with Crippen LogP contribution in [0.15, 0.2) is 42.5 Å². The molecule has 0 aliphatic carbocycles. The SMILES string of the molecule is COc1ccccc1CCCNC(=O)[C@H](C)Oc1cc(C)cc(C)c1. The Hall–Kier alpha value is -2.49. The minimum Gasteiger partial charge on any atom is -0.496 e. The molecule has 1 amide bonds. The number of methoxy groups -OCH3 is 1. The van der Waals surface area contributed by atoms with Crippen molar-refractivity contribution in [3.05, 3.63) is 59.2 Å². The third-order valence-electron chi connectivity index (χ3n) is 3.99. The first-order valence-corrected chi connectivity index (χ1v) is 8.64. The minimum atomic E-state index is -0.521. The third-order valence-corrected chi connectivity index (χ3v) is 3.99. The molecule has 0 aliphatic rings. The summed E-state index contributed by atoms with van der Waals surface area (Å²) in [7, 11) is 1.67. The normalized spacial score (nSPS) is 11.7. The van der Waals surface area contributed by atoms with Crippen LogP contribution in [-0.2, 0) is 11.2 Å². The van der Waals surface area contributed by atoms with Gasteiger partial charge in [-0.1, -0.05) is 24.3 Å². The van der Waals surface area contributed by atoms with E-state index in [0.717, 1.165) is 41.0 Å². The molecule has 0 bridgehead atoms. The van der Waals surface area contributed by atoms with Crippen molar-refractivity contribution in [1.29, 1.82) is 0 Å². The highest BCUT2D eigenvalue weighted by Crippen LogP contribution is 2.19. The zero-order valence-corrected chi connectivity index (χ0v) is 15.5. The molecular formula is C21H27NO3. The zero-order valence-electron chi connectivity index (χ0n) is 15.5. The van der Waals surface area contributed by atoms with Crippen molar-refractivity contribution in [3.63, 3.8) is 0 Å². The molecule has 134 valence electrons. The van der Waals surface area contributed by atoms with Gasteiger partial charge in [-0.3, -0.25) is 4.79 Å². The van der Waals surface area contributed by atoms with Crippen LogP contribution in [0.1, 0.15) is 30.0 Å². The van der Waals surface area contributed by atoms with Crippen molar-refractivity contribution in [3.8, 4) is 11.5 Å². The first-order chi connectivity index (χ1) is 12.0. The lowest BCUT2D eigenvalue weighted by Crippen LogP contribution is -2.37. The highest BCUT2D eigenvalue weighted by molar-refractivity contribution is 5.80. The Morgan fingerprint density at radius 2 is 1.80 bits per heavy atom. The fourth-order valence-corrected chi connectivity index (χ4v) is 2.80. The number of hydrogen-bond acceptors (Lipinski definition) is 3. The van der Waals surface area contributed by atoms with Crippen LogP contribution >= 0.6 is 0 Å². The molecule has 1 N–H and O–H groups in total. The highest BCUT2D eigenvalue weighted by Gasteiger charge is 2.14. The summed E-state index contributed by atoms with van der Waals surface area (Å²) in [5.74, 6) is 1.52. The van der Waals surface area contributed by atoms with Gasteiger partial charge in [0.25, 0.3) is 5.91 Å². The van der Waals surface area contributed by atoms with Gasteiger partial charge in [0.1, 0.15) is 11.5 Å². The van der Waals surface area contributed by atoms with E-state index >= 15 is 0 Å². The van der Waals surface area contributed by atoms with Crippen LogP contribution in [0.3, 0.4) is 0 Å². The molecule has 0 spiro atoms. The number of rotatable bonds is 8. The fourth-order valence-electron chi connectivity index (χ4n) is 2.80. The summed E-state index contributed by atoms with van der Waals surface area (Å²) >= 11 is 0. The predicted molar refractivity (Wildman–Crippen MR) is 100 cm³/mol. The van der Waals surface area contributed by atoms with E-state index in [4.69, 9.17) is 9.47 Å². The number of nitrogens with one attached hydrogen (secondary N) is 1. The van der Waals surface area contributed by atoms with E-state index in [1.807, 2.05) is 50.2 Å². The van der Waals surface area contributed by atoms with Gasteiger partial charge in [0.15, 0.2) is 6.10 Å². The molecule has 0 aliphatic heterocycles. The van der Waals surface area contributed by atoms with Gasteiger partial charge in [-0.05, 0) is 68.5 Å². The van der Waals surface area contributed by atoms with E-state index in [-0.39, 0.29) is 5.91 Å². The molecule has 0 aromatic heterocycles. The molecule has 0 heterocycles. The molecule has 2 aromatic rings. The topological polar surface area (TPSA) is 47.6 Å². The number of aryl methyl sites for hydroxylation is 3. The second-order valence-electron chi connectivity index (χ2n) is 6.29. The van der Waals surface area contributed by atoms with Crippen molar-refractivity contribution in [2.45, 2.75) is 39.7 Å². The van der Waals surface area contributed by atoms with Crippen LogP contribution in [0.25, 0.3) is 0 Å². The minimum absolute atomic E-state index is 0.0980. The molecule has 0 fully saturated rings. The summed E-state index contributed by atoms with van der Waals surface area (Å²) in [6.07, 6.45) is 1.19. The number of carbonyl (C=O) groups excluding carboxylic acids is 1. The molecule has 2 rings (SSSR count). The third kappa shape index (κ3) is 5.82. The standard InChI is InChI=1S/C21H27NO3/c1-15-12-16(2)14-19(13-15)25-17(3)21(23)22-11-7-9-18-8-5-6-10-20(18)24-4/h5-6,8,10,12-14,17H,7,9,11H2,1-4H3,(H,22,23)/t17-/m0/s1. The molecule has 2 aromatic carbocycles. The average molecular weight is 341 g/mol. The summed E-state index contributed by atoms with van der Waals surface area (Å²) in [6.45, 7) is 6.41. The van der Waals surface area contributed by atoms with E-state index in [1.54, 1.807) is 14.0 Å². The van der Waals surface area contributed by atoms with Gasteiger partial charge in [-0.25, -0.2) is 0 Å². The predicted octanol–water partition coefficient (Wildman–Crippen LogP) is 3.83. The van der Waals surface area contributed by atoms with Crippen molar-refractivity contribution in [1.82, 2.24) is 5.32 Å². The van der Waals surface area contributed by atoms with Gasteiger partial charge in [0, 0.05) is 6.54 Å². The van der Waals surface area contributed by atoms with Crippen LogP contribution in [0.5, 0.6) is 11.5 Å². The summed E-state index contributed by atoms with van der Waals surface area (Å²) in [4.78, 5) is 12.2. The molecule has 1 atom stereocenters. The quantitative estimate of drug-likeness (QED) is 0.742. The van der Waals surface area contributed by atoms with Crippen LogP contribution in [0, 0.1) is 13.8 Å². The van der Waals surface area contributed by atoms with Crippen molar-refractivity contribution in [2.24, 2.45) is 0 Å². The van der Waals surface area contributed by atoms with Crippen LogP contribution in [0.2, 0.25) is 0 Å². The van der Waals surface area contributed by atoms with Gasteiger partial charge in [0.05, 0.1) is 7.11 Å². The highest BCUT2D eigenvalue weighted by atomic mass is 16.5. The van der Waals surface area contributed by atoms with Gasteiger partial charge < -0.3 is 14.8 Å². The lowest BCUT2D eigenvalue weighted by Gasteiger charge is -2.16. The summed E-state index contributed by atoms with van der Waals surface area (Å²) < 4.78 is 11.1. The van der Waals surface area contributed by atoms with Crippen molar-refractivity contribution < 1.29 is 14.3 Å². The first kappa shape index (κ1) is 18.8. The van der Waals surface area contributed by atoms with Crippen LogP contribution in [-0.4, -0.2) is 25.7 Å². The molecular weight excluding hydrogens is 314 g/mol. The van der Waals surface area contributed by atoms with E-state index < -0.39 is 6.10 Å². The lowest BCUT2D eigenvalue weighted by molar-refractivity contribution is -0.127. The second-order valence-corrected chi connectivity index (χ2v) is 6.29. The fraction of sp³-hybridized carbons (Fsp3) is 0.381. The molecule has 4 nitrogen and oxygen atoms in total. The maximum absolute atomic E-state index is 12.2. The number of ether oxygens (including phenoxy) is 2. The maximum atomic E-state index is 12.2. The summed E-state index contributed by atoms with van der Waals surface area (Å²) in [5.41, 5.74) is 3.40. The number of para-hydroxylation sites is 1. The van der Waals surface area contributed by atoms with Gasteiger partial charge in [0.2, 0.25) is 0 Å². The number of carbonyl (C=O) groups is 1. The summed E-state index contributed by atoms with van der Waals surface area (Å²) in [5, 5.41) is 2.93. The smallest absolute Gasteiger partial charge is 0.260 e. The van der Waals surface area contributed by atoms with E-state index in [2.05, 4.69) is 11.4 Å². The Labute approximate surface area is 150 Å². The Kier molecular flexibility index (Phi) is 6.87. The maximum Gasteiger partial charge on any atom is 0.260 e. The van der Waals surface area contributed by atoms with E-state index in [9.17, 15) is 4.79 Å². The van der Waals surface area contributed by atoms with Gasteiger partial charge in [-0.2, -0.15) is 0 Å². The Balaban J connectivity index is 1.77. The number of hydrogen-bond donors (Lipinski definition) is 1. The monoisotopic (exact) mass is 341 g/mol. The molecule has 0 saturated heterocycles. The lowest BCUT2D eigenvalue weighted by atomic mass is 10.1. The van der Waals surface area contributed by atoms with E-state index in [1.165, 1.54) is 0 Å². The Morgan fingerprint density at radius 1 is 1.12 bits per heavy atom. The van der Waals surface area contributed by atoms with Crippen LogP contribution in [0.4, 0.5) is 0 Å². The Bertz CT molecular complexity index is 692. The number of amides is 1. The largest absolute Gasteiger partial charge is 0.496 e. The Morgan fingerprint density at radius 3 is 2.48 bits per heavy atom. The summed E-state index contributed by atoms with van der Waals surface area (Å²) in [6, 6.07) is 13.9. The second kappa shape index (κ2) is 9.11. The molecule has 0 radical (unpaired) electrons. The van der Waals surface area contributed by atoms with Crippen molar-refractivity contribution in [2.75, 3.05) is 13.7 Å². The molecule has 25 heavy (non-hydrogen) atoms. The molecule has 0 unspecified atom stereocenters. The van der Waals surface area contributed by atoms with Crippen LogP contribution < -0.4 is 14.8 Å². The van der Waals surface area contributed by atoms with E-state index in [0.29, 0.717) is 6.54 Å². The first-order valence-electron chi connectivity index (χ1n) is 8.64. The van der Waals surface area contributed by atoms with Gasteiger partial charge >= 0.3 is 0 Å². The van der Waals surface area contributed by atoms with Crippen molar-refractivity contribution >= 4 is 5.91 Å². The average Bonchev–Trinajstić information content (AvgIpc) is 2.57. The number of benzene rings is 2. The zero-order chi connectivity index (χ0) is 18.2. The van der Waals surface area contributed by atoms with Gasteiger partial charge in [-0.15, -0.1) is 0 Å². The molecule has 4 heteroatoms. The molecule has 0 saturated carbocycles.